The second kappa shape index (κ2) is 9.05. The van der Waals surface area contributed by atoms with Crippen LogP contribution in [0, 0.1) is 20.8 Å². The Bertz CT molecular complexity index is 1080. The first-order valence-electron chi connectivity index (χ1n) is 11.1. The van der Waals surface area contributed by atoms with E-state index in [4.69, 9.17) is 4.42 Å². The van der Waals surface area contributed by atoms with Gasteiger partial charge >= 0.3 is 0 Å². The summed E-state index contributed by atoms with van der Waals surface area (Å²) in [5, 5.41) is 0.711. The fraction of sp³-hybridized carbons (Fsp3) is 0.423. The zero-order valence-electron chi connectivity index (χ0n) is 18.4. The number of unbranched alkanes of at least 4 members (excludes halogenated alkanes) is 1. The zero-order chi connectivity index (χ0) is 21.1. The molecule has 0 bridgehead atoms. The molecule has 1 aliphatic rings. The van der Waals surface area contributed by atoms with Crippen molar-refractivity contribution >= 4 is 16.7 Å². The fourth-order valence-corrected chi connectivity index (χ4v) is 4.38. The van der Waals surface area contributed by atoms with Gasteiger partial charge in [-0.05, 0) is 81.5 Å². The van der Waals surface area contributed by atoms with Gasteiger partial charge in [0.05, 0.1) is 11.6 Å². The number of piperazine rings is 1. The van der Waals surface area contributed by atoms with Gasteiger partial charge in [0.25, 0.3) is 0 Å². The Morgan fingerprint density at radius 2 is 1.63 bits per heavy atom. The van der Waals surface area contributed by atoms with E-state index in [1.807, 2.05) is 26.0 Å². The molecule has 2 heterocycles. The van der Waals surface area contributed by atoms with Crippen LogP contribution in [-0.2, 0) is 6.42 Å². The highest BCUT2D eigenvalue weighted by Crippen LogP contribution is 2.21. The van der Waals surface area contributed by atoms with Crippen molar-refractivity contribution in [3.63, 3.8) is 0 Å². The van der Waals surface area contributed by atoms with E-state index in [1.54, 1.807) is 6.26 Å². The quantitative estimate of drug-likeness (QED) is 0.550. The van der Waals surface area contributed by atoms with E-state index < -0.39 is 0 Å². The molecule has 1 aliphatic heterocycles. The zero-order valence-corrected chi connectivity index (χ0v) is 18.4. The summed E-state index contributed by atoms with van der Waals surface area (Å²) in [7, 11) is 0. The predicted octanol–water partition coefficient (Wildman–Crippen LogP) is 4.86. The van der Waals surface area contributed by atoms with Gasteiger partial charge in [-0.1, -0.05) is 18.2 Å². The lowest BCUT2D eigenvalue weighted by atomic mass is 10.0. The van der Waals surface area contributed by atoms with E-state index in [1.165, 1.54) is 11.3 Å². The molecule has 1 fully saturated rings. The summed E-state index contributed by atoms with van der Waals surface area (Å²) in [4.78, 5) is 17.9. The monoisotopic (exact) mass is 404 g/mol. The number of nitrogens with zero attached hydrogens (tertiary/aromatic N) is 2. The lowest BCUT2D eigenvalue weighted by molar-refractivity contribution is 0.253. The first-order valence-corrected chi connectivity index (χ1v) is 11.1. The molecule has 0 atom stereocenters. The van der Waals surface area contributed by atoms with Crippen molar-refractivity contribution in [1.82, 2.24) is 4.90 Å². The minimum Gasteiger partial charge on any atom is -0.464 e. The third-order valence-corrected chi connectivity index (χ3v) is 6.46. The molecule has 1 aromatic heterocycles. The van der Waals surface area contributed by atoms with Gasteiger partial charge in [-0.3, -0.25) is 9.69 Å². The van der Waals surface area contributed by atoms with Crippen LogP contribution in [0.2, 0.25) is 0 Å². The van der Waals surface area contributed by atoms with Crippen molar-refractivity contribution < 1.29 is 4.42 Å². The Kier molecular flexibility index (Phi) is 6.24. The predicted molar refractivity (Wildman–Crippen MR) is 125 cm³/mol. The highest BCUT2D eigenvalue weighted by atomic mass is 16.3. The summed E-state index contributed by atoms with van der Waals surface area (Å²) in [6.45, 7) is 11.7. The maximum atomic E-state index is 12.8. The highest BCUT2D eigenvalue weighted by Gasteiger charge is 2.18. The number of benzene rings is 2. The molecule has 0 saturated carbocycles. The van der Waals surface area contributed by atoms with Crippen LogP contribution in [0.5, 0.6) is 0 Å². The normalized spacial score (nSPS) is 15.1. The van der Waals surface area contributed by atoms with Crippen molar-refractivity contribution in [2.24, 2.45) is 0 Å². The molecule has 0 amide bonds. The molecule has 30 heavy (non-hydrogen) atoms. The second-order valence-electron chi connectivity index (χ2n) is 8.59. The molecule has 3 aromatic rings. The summed E-state index contributed by atoms with van der Waals surface area (Å²) in [6.07, 6.45) is 4.57. The molecule has 0 spiro atoms. The van der Waals surface area contributed by atoms with Crippen LogP contribution in [0.15, 0.2) is 51.9 Å². The molecule has 0 N–H and O–H groups in total. The van der Waals surface area contributed by atoms with E-state index in [0.717, 1.165) is 68.7 Å². The Morgan fingerprint density at radius 3 is 2.40 bits per heavy atom. The second-order valence-corrected chi connectivity index (χ2v) is 8.59. The Balaban J connectivity index is 1.27. The number of fused-ring (bicyclic) bond motifs is 1. The average molecular weight is 405 g/mol. The lowest BCUT2D eigenvalue weighted by Crippen LogP contribution is -2.46. The van der Waals surface area contributed by atoms with E-state index in [2.05, 4.69) is 41.0 Å². The van der Waals surface area contributed by atoms with Gasteiger partial charge in [-0.2, -0.15) is 0 Å². The van der Waals surface area contributed by atoms with Crippen LogP contribution in [0.4, 0.5) is 5.69 Å². The highest BCUT2D eigenvalue weighted by molar-refractivity contribution is 5.78. The number of hydrogen-bond acceptors (Lipinski definition) is 4. The Hall–Kier alpha value is -2.59. The summed E-state index contributed by atoms with van der Waals surface area (Å²) < 4.78 is 5.75. The molecule has 4 rings (SSSR count). The van der Waals surface area contributed by atoms with Crippen molar-refractivity contribution in [3.8, 4) is 0 Å². The van der Waals surface area contributed by atoms with Gasteiger partial charge in [-0.15, -0.1) is 0 Å². The topological polar surface area (TPSA) is 36.7 Å². The molecule has 4 heteroatoms. The molecular weight excluding hydrogens is 372 g/mol. The summed E-state index contributed by atoms with van der Waals surface area (Å²) in [5.41, 5.74) is 6.63. The first kappa shape index (κ1) is 20.7. The smallest absolute Gasteiger partial charge is 0.195 e. The molecule has 1 saturated heterocycles. The van der Waals surface area contributed by atoms with Crippen molar-refractivity contribution in [3.05, 3.63) is 75.1 Å². The Morgan fingerprint density at radius 1 is 0.900 bits per heavy atom. The van der Waals surface area contributed by atoms with E-state index >= 15 is 0 Å². The van der Waals surface area contributed by atoms with Gasteiger partial charge in [-0.25, -0.2) is 0 Å². The Labute approximate surface area is 179 Å². The lowest BCUT2D eigenvalue weighted by Gasteiger charge is -2.36. The van der Waals surface area contributed by atoms with Crippen LogP contribution in [0.25, 0.3) is 11.0 Å². The van der Waals surface area contributed by atoms with Crippen molar-refractivity contribution in [1.29, 1.82) is 0 Å². The van der Waals surface area contributed by atoms with Crippen LogP contribution < -0.4 is 10.3 Å². The maximum Gasteiger partial charge on any atom is 0.195 e. The molecule has 2 aromatic carbocycles. The molecular formula is C26H32N2O2. The van der Waals surface area contributed by atoms with Gasteiger partial charge in [0.1, 0.15) is 5.58 Å². The van der Waals surface area contributed by atoms with Gasteiger partial charge in [0.15, 0.2) is 5.43 Å². The molecule has 0 aliphatic carbocycles. The van der Waals surface area contributed by atoms with Crippen LogP contribution in [0.3, 0.4) is 0 Å². The van der Waals surface area contributed by atoms with Crippen LogP contribution >= 0.6 is 0 Å². The van der Waals surface area contributed by atoms with Gasteiger partial charge in [0, 0.05) is 37.4 Å². The summed E-state index contributed by atoms with van der Waals surface area (Å²) in [5.74, 6) is 0. The van der Waals surface area contributed by atoms with Crippen molar-refractivity contribution in [2.75, 3.05) is 37.6 Å². The standard InChI is InChI=1S/C26H32N2O2/c1-19-8-4-5-10-24(19)28-14-12-27(13-15-28)11-7-6-9-22-18-30-25-17-21(3)20(2)16-23(25)26(22)29/h4-5,8,10,16-18H,6-7,9,11-15H2,1-3H3. The van der Waals surface area contributed by atoms with Crippen LogP contribution in [0.1, 0.15) is 35.1 Å². The van der Waals surface area contributed by atoms with Crippen molar-refractivity contribution in [2.45, 2.75) is 40.0 Å². The largest absolute Gasteiger partial charge is 0.464 e. The van der Waals surface area contributed by atoms with Crippen LogP contribution in [-0.4, -0.2) is 37.6 Å². The number of aryl methyl sites for hydroxylation is 4. The number of rotatable bonds is 6. The number of anilines is 1. The molecule has 0 unspecified atom stereocenters. The molecule has 158 valence electrons. The summed E-state index contributed by atoms with van der Waals surface area (Å²) in [6, 6.07) is 12.6. The third kappa shape index (κ3) is 4.44. The maximum absolute atomic E-state index is 12.8. The number of hydrogen-bond donors (Lipinski definition) is 0. The first-order chi connectivity index (χ1) is 14.5. The average Bonchev–Trinajstić information content (AvgIpc) is 2.75. The number of para-hydroxylation sites is 1. The minimum atomic E-state index is 0.131. The molecule has 0 radical (unpaired) electrons. The van der Waals surface area contributed by atoms with E-state index in [0.29, 0.717) is 11.0 Å². The van der Waals surface area contributed by atoms with Gasteiger partial charge < -0.3 is 9.32 Å². The van der Waals surface area contributed by atoms with Gasteiger partial charge in [0.2, 0.25) is 0 Å². The fourth-order valence-electron chi connectivity index (χ4n) is 4.38. The minimum absolute atomic E-state index is 0.131. The van der Waals surface area contributed by atoms with E-state index in [-0.39, 0.29) is 5.43 Å². The summed E-state index contributed by atoms with van der Waals surface area (Å²) >= 11 is 0. The molecule has 4 nitrogen and oxygen atoms in total. The third-order valence-electron chi connectivity index (χ3n) is 6.46. The SMILES string of the molecule is Cc1cc2occ(CCCCN3CCN(c4ccccc4C)CC3)c(=O)c2cc1C. The van der Waals surface area contributed by atoms with E-state index in [9.17, 15) is 4.79 Å².